The van der Waals surface area contributed by atoms with Gasteiger partial charge in [-0.3, -0.25) is 62.5 Å². The average molecular weight is 1670 g/mol. The maximum Gasteiger partial charge on any atom is 0.317 e. The van der Waals surface area contributed by atoms with Crippen LogP contribution in [0, 0.1) is 40.4 Å². The largest absolute Gasteiger partial charge is 0.508 e. The fraction of sp³-hybridized carbons (Fsp3) is 0.588. The molecule has 3 aromatic carbocycles. The topological polar surface area (TPSA) is 379 Å². The molecule has 5 amide bonds. The molecule has 561 valence electrons. The van der Waals surface area contributed by atoms with Gasteiger partial charge in [-0.2, -0.15) is 0 Å². The summed E-state index contributed by atoms with van der Waals surface area (Å²) in [4.78, 5) is 110. The van der Waals surface area contributed by atoms with E-state index in [-0.39, 0.29) is 208 Å². The molecule has 2 aliphatic heterocycles. The molecule has 9 N–H and O–H groups in total. The number of aromatic nitrogens is 3. The second kappa shape index (κ2) is 46.3. The number of likely N-dealkylation sites (tertiary alicyclic amines) is 1. The molecule has 1 radical (unpaired) electrons. The molecule has 1 atom stereocenters. The van der Waals surface area contributed by atoms with Gasteiger partial charge in [-0.1, -0.05) is 26.0 Å². The third-order valence-corrected chi connectivity index (χ3v) is 17.3. The summed E-state index contributed by atoms with van der Waals surface area (Å²) >= 11 is 2.25. The Morgan fingerprint density at radius 3 is 1.67 bits per heavy atom. The molecule has 3 heterocycles. The van der Waals surface area contributed by atoms with Crippen molar-refractivity contribution in [1.29, 1.82) is 0 Å². The van der Waals surface area contributed by atoms with Crippen molar-refractivity contribution in [3.8, 4) is 34.3 Å². The van der Waals surface area contributed by atoms with Crippen LogP contribution in [0.4, 0.5) is 0 Å². The molecule has 0 unspecified atom stereocenters. The van der Waals surface area contributed by atoms with E-state index in [2.05, 4.69) is 66.2 Å². The van der Waals surface area contributed by atoms with Gasteiger partial charge in [0, 0.05) is 157 Å². The van der Waals surface area contributed by atoms with Crippen molar-refractivity contribution in [1.82, 2.24) is 60.5 Å². The summed E-state index contributed by atoms with van der Waals surface area (Å²) in [6, 6.07) is 17.2. The van der Waals surface area contributed by atoms with E-state index in [1.807, 2.05) is 30.9 Å². The Hall–Kier alpha value is -6.40. The number of nitrogens with one attached hydrogen (secondary N) is 4. The quantitative estimate of drug-likeness (QED) is 0.0228. The first kappa shape index (κ1) is 84.3. The maximum atomic E-state index is 13.8. The van der Waals surface area contributed by atoms with Crippen molar-refractivity contribution >= 4 is 70.0 Å². The molecule has 1 aromatic heterocycles. The van der Waals surface area contributed by atoms with Gasteiger partial charge in [0.2, 0.25) is 29.5 Å². The first-order valence-corrected chi connectivity index (χ1v) is 35.0. The Kier molecular flexibility index (Phi) is 39.0. The number of aromatic hydroxyl groups is 2. The minimum absolute atomic E-state index is 0. The second-order valence-electron chi connectivity index (χ2n) is 24.5. The minimum Gasteiger partial charge on any atom is -0.508 e. The molecular weight excluding hydrogens is 1570 g/mol. The van der Waals surface area contributed by atoms with Crippen LogP contribution in [0.25, 0.3) is 17.1 Å². The minimum atomic E-state index is -1.07. The van der Waals surface area contributed by atoms with Crippen molar-refractivity contribution in [2.45, 2.75) is 96.6 Å². The third-order valence-electron chi connectivity index (χ3n) is 16.6. The van der Waals surface area contributed by atoms with E-state index in [0.717, 1.165) is 15.6 Å². The standard InChI is InChI=1S/C68H99IN12O18.Lu/c1-4-70-68(94)66-75-74-65(55-42-54(48(2)3)57(82)43-58(55)83)81(66)51-15-17-52(18-16-51)99-53-19-24-80(25-20-53)61(86)21-34-95-36-38-97-40-41-98-39-37-96-35-23-72-67(93)56(9-5-6-22-71-59(84)10-7-8-49-11-13-50(69)14-12-49)73-60(85)44-76-26-28-77(45-62(87)88)30-32-79(47-64(91)92)33-31-78(29-27-76)46-63(89)90;/h11-18,42-43,48,53,56,82-83H,4-10,19-41,44-47H2,1-3H3,(H,70,94)(H,71,84)(H,72,93)(H,73,85)(H,87,88)(H,89,90)(H,91,92);/t56-;/m0./s1. The molecule has 100 heavy (non-hydrogen) atoms. The summed E-state index contributed by atoms with van der Waals surface area (Å²) in [5.41, 5.74) is 2.61. The number of carbonyl (C=O) groups excluding carboxylic acids is 5. The van der Waals surface area contributed by atoms with Crippen LogP contribution in [0.3, 0.4) is 0 Å². The molecule has 0 saturated carbocycles. The number of amides is 5. The molecular formula is C68H99ILuN12O18. The predicted molar refractivity (Wildman–Crippen MR) is 373 cm³/mol. The summed E-state index contributed by atoms with van der Waals surface area (Å²) in [7, 11) is 0. The molecule has 30 nitrogen and oxygen atoms in total. The van der Waals surface area contributed by atoms with Crippen molar-refractivity contribution in [2.75, 3.05) is 164 Å². The Morgan fingerprint density at radius 2 is 1.13 bits per heavy atom. The number of aliphatic carboxylic acids is 3. The molecule has 4 aromatic rings. The summed E-state index contributed by atoms with van der Waals surface area (Å²) in [5, 5.41) is 70.1. The van der Waals surface area contributed by atoms with Crippen molar-refractivity contribution < 1.29 is 124 Å². The van der Waals surface area contributed by atoms with Crippen LogP contribution in [-0.2, 0) is 58.9 Å². The van der Waals surface area contributed by atoms with Gasteiger partial charge < -0.3 is 75.4 Å². The van der Waals surface area contributed by atoms with Gasteiger partial charge in [0.15, 0.2) is 5.82 Å². The number of phenolic OH excluding ortho intramolecular Hbond substituents is 2. The summed E-state index contributed by atoms with van der Waals surface area (Å²) in [6.07, 6.45) is 4.48. The number of ether oxygens (including phenoxy) is 5. The SMILES string of the molecule is CCNC(=O)c1nnc(-c2cc(C(C)C)c(O)cc2O)n1-c1ccc(OC2CCN(C(=O)CCOCCOCCOCCOCCNC(=O)[C@H](CCCCNC(=O)CCCc3ccc(I)cc3)NC(=O)CN3CCN(CC(=O)O)CCN(CC(=O)O)CCN(CC(=O)O)CC3)CC2)cc1.[Lu]. The summed E-state index contributed by atoms with van der Waals surface area (Å²) in [5.74, 6) is -4.14. The predicted octanol–water partition coefficient (Wildman–Crippen LogP) is 3.04. The number of phenols is 2. The number of aryl methyl sites for hydroxylation is 1. The van der Waals surface area contributed by atoms with E-state index < -0.39 is 41.7 Å². The fourth-order valence-corrected chi connectivity index (χ4v) is 11.6. The van der Waals surface area contributed by atoms with Gasteiger partial charge in [0.1, 0.15) is 29.4 Å². The van der Waals surface area contributed by atoms with Gasteiger partial charge in [0.05, 0.1) is 91.0 Å². The number of hydrogen-bond acceptors (Lipinski definition) is 21. The van der Waals surface area contributed by atoms with Gasteiger partial charge in [-0.15, -0.1) is 10.2 Å². The van der Waals surface area contributed by atoms with Gasteiger partial charge in [-0.05, 0) is 121 Å². The van der Waals surface area contributed by atoms with Crippen LogP contribution in [0.2, 0.25) is 0 Å². The van der Waals surface area contributed by atoms with E-state index in [4.69, 9.17) is 23.7 Å². The van der Waals surface area contributed by atoms with Crippen molar-refractivity contribution in [3.63, 3.8) is 0 Å². The van der Waals surface area contributed by atoms with Gasteiger partial charge >= 0.3 is 17.9 Å². The Balaban J connectivity index is 0.0000180. The average Bonchev–Trinajstić information content (AvgIpc) is 1.56. The second-order valence-corrected chi connectivity index (χ2v) is 25.8. The summed E-state index contributed by atoms with van der Waals surface area (Å²) in [6.45, 7) is 10.3. The zero-order chi connectivity index (χ0) is 71.5. The van der Waals surface area contributed by atoms with E-state index in [9.17, 15) is 63.9 Å². The Labute approximate surface area is 626 Å². The number of benzene rings is 3. The van der Waals surface area contributed by atoms with Crippen LogP contribution in [0.5, 0.6) is 17.2 Å². The van der Waals surface area contributed by atoms with Crippen LogP contribution in [0.1, 0.15) is 99.8 Å². The van der Waals surface area contributed by atoms with Crippen LogP contribution in [0.15, 0.2) is 60.7 Å². The number of hydrogen-bond donors (Lipinski definition) is 9. The smallest absolute Gasteiger partial charge is 0.317 e. The van der Waals surface area contributed by atoms with E-state index in [0.29, 0.717) is 114 Å². The number of nitrogens with zero attached hydrogens (tertiary/aromatic N) is 8. The number of unbranched alkanes of at least 4 members (excludes halogenated alkanes) is 1. The number of carboxylic acids is 3. The van der Waals surface area contributed by atoms with Crippen LogP contribution < -0.4 is 26.0 Å². The van der Waals surface area contributed by atoms with Gasteiger partial charge in [-0.25, -0.2) is 0 Å². The number of halogens is 1. The molecule has 2 saturated heterocycles. The molecule has 0 aliphatic carbocycles. The van der Waals surface area contributed by atoms with E-state index >= 15 is 0 Å². The molecule has 0 spiro atoms. The number of rotatable bonds is 41. The van der Waals surface area contributed by atoms with Crippen molar-refractivity contribution in [3.05, 3.63) is 81.2 Å². The molecule has 2 aliphatic rings. The number of carboxylic acid groups (broad SMARTS) is 3. The van der Waals surface area contributed by atoms with E-state index in [1.165, 1.54) is 6.07 Å². The molecule has 2 fully saturated rings. The Morgan fingerprint density at radius 1 is 0.590 bits per heavy atom. The normalized spacial score (nSPS) is 15.0. The first-order valence-electron chi connectivity index (χ1n) is 33.9. The number of piperidine rings is 1. The number of carbonyl (C=O) groups is 8. The van der Waals surface area contributed by atoms with E-state index in [1.54, 1.807) is 61.4 Å². The van der Waals surface area contributed by atoms with Crippen molar-refractivity contribution in [2.24, 2.45) is 0 Å². The molecule has 6 rings (SSSR count). The maximum absolute atomic E-state index is 13.8. The molecule has 0 bridgehead atoms. The van der Waals surface area contributed by atoms with Gasteiger partial charge in [0.25, 0.3) is 5.91 Å². The third kappa shape index (κ3) is 31.1. The Bertz CT molecular complexity index is 3170. The monoisotopic (exact) mass is 1670 g/mol. The summed E-state index contributed by atoms with van der Waals surface area (Å²) < 4.78 is 31.7. The zero-order valence-electron chi connectivity index (χ0n) is 57.3. The van der Waals surface area contributed by atoms with Crippen LogP contribution in [-0.4, -0.2) is 289 Å². The van der Waals surface area contributed by atoms with Crippen LogP contribution >= 0.6 is 22.6 Å². The fourth-order valence-electron chi connectivity index (χ4n) is 11.3. The zero-order valence-corrected chi connectivity index (χ0v) is 61.1. The first-order chi connectivity index (χ1) is 47.6. The molecule has 32 heteroatoms.